The zero-order valence-electron chi connectivity index (χ0n) is 9.40. The molecule has 1 amide bonds. The third-order valence-corrected chi connectivity index (χ3v) is 3.33. The molecule has 0 aliphatic heterocycles. The van der Waals surface area contributed by atoms with Crippen molar-refractivity contribution in [1.82, 2.24) is 10.3 Å². The van der Waals surface area contributed by atoms with Crippen LogP contribution in [0.5, 0.6) is 0 Å². The number of aliphatic hydroxyl groups excluding tert-OH is 1. The van der Waals surface area contributed by atoms with Crippen LogP contribution in [0.15, 0.2) is 18.3 Å². The molecule has 1 aromatic heterocycles. The summed E-state index contributed by atoms with van der Waals surface area (Å²) in [6.45, 7) is 0.494. The zero-order valence-corrected chi connectivity index (χ0v) is 10.2. The predicted molar refractivity (Wildman–Crippen MR) is 64.9 cm³/mol. The van der Waals surface area contributed by atoms with Crippen LogP contribution < -0.4 is 5.32 Å². The molecule has 2 N–H and O–H groups in total. The maximum absolute atomic E-state index is 11.7. The molecule has 5 heteroatoms. The van der Waals surface area contributed by atoms with Crippen molar-refractivity contribution in [3.8, 4) is 0 Å². The summed E-state index contributed by atoms with van der Waals surface area (Å²) in [5.74, 6) is -0.0789. The average molecular weight is 255 g/mol. The first-order chi connectivity index (χ1) is 8.16. The van der Waals surface area contributed by atoms with Crippen LogP contribution in [0.1, 0.15) is 29.8 Å². The van der Waals surface area contributed by atoms with E-state index in [9.17, 15) is 9.90 Å². The molecule has 4 nitrogen and oxygen atoms in total. The number of hydrogen-bond donors (Lipinski definition) is 2. The van der Waals surface area contributed by atoms with Gasteiger partial charge >= 0.3 is 0 Å². The van der Waals surface area contributed by atoms with E-state index >= 15 is 0 Å². The molecule has 2 unspecified atom stereocenters. The van der Waals surface area contributed by atoms with Gasteiger partial charge in [-0.05, 0) is 25.0 Å². The highest BCUT2D eigenvalue weighted by molar-refractivity contribution is 6.30. The SMILES string of the molecule is O=C(NCC1CCCC1O)c1cc(Cl)ccn1. The Morgan fingerprint density at radius 3 is 3.06 bits per heavy atom. The van der Waals surface area contributed by atoms with Crippen LogP contribution in [-0.4, -0.2) is 28.6 Å². The highest BCUT2D eigenvalue weighted by Gasteiger charge is 2.25. The Hall–Kier alpha value is -1.13. The van der Waals surface area contributed by atoms with Gasteiger partial charge in [-0.1, -0.05) is 18.0 Å². The molecule has 2 atom stereocenters. The molecule has 0 bridgehead atoms. The number of aliphatic hydroxyl groups is 1. The molecule has 0 aromatic carbocycles. The Morgan fingerprint density at radius 2 is 2.41 bits per heavy atom. The number of nitrogens with one attached hydrogen (secondary N) is 1. The monoisotopic (exact) mass is 254 g/mol. The number of carbonyl (C=O) groups is 1. The molecule has 92 valence electrons. The Kier molecular flexibility index (Phi) is 3.97. The summed E-state index contributed by atoms with van der Waals surface area (Å²) in [6.07, 6.45) is 4.03. The second-order valence-electron chi connectivity index (χ2n) is 4.33. The molecule has 1 aromatic rings. The number of halogens is 1. The molecule has 1 aliphatic rings. The minimum atomic E-state index is -0.289. The lowest BCUT2D eigenvalue weighted by Gasteiger charge is -2.14. The molecule has 1 aliphatic carbocycles. The van der Waals surface area contributed by atoms with Crippen molar-refractivity contribution in [2.75, 3.05) is 6.54 Å². The van der Waals surface area contributed by atoms with E-state index in [0.717, 1.165) is 19.3 Å². The van der Waals surface area contributed by atoms with Crippen LogP contribution in [0.2, 0.25) is 5.02 Å². The number of nitrogens with zero attached hydrogens (tertiary/aromatic N) is 1. The normalized spacial score (nSPS) is 23.6. The van der Waals surface area contributed by atoms with Crippen molar-refractivity contribution in [1.29, 1.82) is 0 Å². The van der Waals surface area contributed by atoms with E-state index < -0.39 is 0 Å². The number of hydrogen-bond acceptors (Lipinski definition) is 3. The third-order valence-electron chi connectivity index (χ3n) is 3.10. The van der Waals surface area contributed by atoms with E-state index in [-0.39, 0.29) is 17.9 Å². The second kappa shape index (κ2) is 5.47. The number of pyridine rings is 1. The Morgan fingerprint density at radius 1 is 1.59 bits per heavy atom. The first-order valence-electron chi connectivity index (χ1n) is 5.74. The van der Waals surface area contributed by atoms with Crippen molar-refractivity contribution in [2.45, 2.75) is 25.4 Å². The molecule has 17 heavy (non-hydrogen) atoms. The van der Waals surface area contributed by atoms with E-state index in [4.69, 9.17) is 11.6 Å². The molecule has 0 spiro atoms. The van der Waals surface area contributed by atoms with E-state index in [1.54, 1.807) is 6.07 Å². The fourth-order valence-corrected chi connectivity index (χ4v) is 2.26. The first-order valence-corrected chi connectivity index (χ1v) is 6.12. The second-order valence-corrected chi connectivity index (χ2v) is 4.76. The molecular weight excluding hydrogens is 240 g/mol. The summed E-state index contributed by atoms with van der Waals surface area (Å²) in [7, 11) is 0. The fraction of sp³-hybridized carbons (Fsp3) is 0.500. The van der Waals surface area contributed by atoms with Gasteiger partial charge in [0, 0.05) is 23.7 Å². The summed E-state index contributed by atoms with van der Waals surface area (Å²) in [4.78, 5) is 15.7. The summed E-state index contributed by atoms with van der Waals surface area (Å²) >= 11 is 5.78. The number of rotatable bonds is 3. The Labute approximate surface area is 105 Å². The van der Waals surface area contributed by atoms with Gasteiger partial charge < -0.3 is 10.4 Å². The van der Waals surface area contributed by atoms with Gasteiger partial charge in [-0.15, -0.1) is 0 Å². The van der Waals surface area contributed by atoms with Gasteiger partial charge in [0.05, 0.1) is 6.10 Å². The number of aromatic nitrogens is 1. The molecule has 1 saturated carbocycles. The highest BCUT2D eigenvalue weighted by atomic mass is 35.5. The van der Waals surface area contributed by atoms with Crippen molar-refractivity contribution in [2.24, 2.45) is 5.92 Å². The maximum Gasteiger partial charge on any atom is 0.269 e. The zero-order chi connectivity index (χ0) is 12.3. The summed E-state index contributed by atoms with van der Waals surface area (Å²) < 4.78 is 0. The molecule has 0 saturated heterocycles. The largest absolute Gasteiger partial charge is 0.393 e. The fourth-order valence-electron chi connectivity index (χ4n) is 2.10. The third kappa shape index (κ3) is 3.17. The van der Waals surface area contributed by atoms with E-state index in [1.165, 1.54) is 12.3 Å². The van der Waals surface area contributed by atoms with Crippen LogP contribution in [0, 0.1) is 5.92 Å². The molecule has 1 fully saturated rings. The Bertz CT molecular complexity index is 411. The maximum atomic E-state index is 11.7. The van der Waals surface area contributed by atoms with Crippen LogP contribution in [0.25, 0.3) is 0 Å². The van der Waals surface area contributed by atoms with E-state index in [1.807, 2.05) is 0 Å². The van der Waals surface area contributed by atoms with Crippen molar-refractivity contribution >= 4 is 17.5 Å². The standard InChI is InChI=1S/C12H15ClN2O2/c13-9-4-5-14-10(6-9)12(17)15-7-8-2-1-3-11(8)16/h4-6,8,11,16H,1-3,7H2,(H,15,17). The topological polar surface area (TPSA) is 62.2 Å². The molecular formula is C12H15ClN2O2. The summed E-state index contributed by atoms with van der Waals surface area (Å²) in [5, 5.41) is 12.9. The van der Waals surface area contributed by atoms with E-state index in [2.05, 4.69) is 10.3 Å². The van der Waals surface area contributed by atoms with Gasteiger partial charge in [0.15, 0.2) is 0 Å². The predicted octanol–water partition coefficient (Wildman–Crippen LogP) is 1.63. The van der Waals surface area contributed by atoms with Gasteiger partial charge in [-0.3, -0.25) is 9.78 Å². The lowest BCUT2D eigenvalue weighted by Crippen LogP contribution is -2.32. The lowest BCUT2D eigenvalue weighted by atomic mass is 10.1. The van der Waals surface area contributed by atoms with Crippen LogP contribution in [-0.2, 0) is 0 Å². The summed E-state index contributed by atoms with van der Waals surface area (Å²) in [5.41, 5.74) is 0.310. The van der Waals surface area contributed by atoms with Crippen LogP contribution in [0.3, 0.4) is 0 Å². The van der Waals surface area contributed by atoms with Gasteiger partial charge in [-0.2, -0.15) is 0 Å². The van der Waals surface area contributed by atoms with Crippen molar-refractivity contribution in [3.63, 3.8) is 0 Å². The van der Waals surface area contributed by atoms with Gasteiger partial charge in [0.1, 0.15) is 5.69 Å². The van der Waals surface area contributed by atoms with E-state index in [0.29, 0.717) is 17.3 Å². The molecule has 1 heterocycles. The van der Waals surface area contributed by atoms with Gasteiger partial charge in [-0.25, -0.2) is 0 Å². The summed E-state index contributed by atoms with van der Waals surface area (Å²) in [6, 6.07) is 3.15. The van der Waals surface area contributed by atoms with Crippen molar-refractivity contribution < 1.29 is 9.90 Å². The van der Waals surface area contributed by atoms with Crippen molar-refractivity contribution in [3.05, 3.63) is 29.0 Å². The molecule has 2 rings (SSSR count). The number of amides is 1. The minimum absolute atomic E-state index is 0.165. The lowest BCUT2D eigenvalue weighted by molar-refractivity contribution is 0.0912. The number of carbonyl (C=O) groups excluding carboxylic acids is 1. The van der Waals surface area contributed by atoms with Crippen LogP contribution >= 0.6 is 11.6 Å². The van der Waals surface area contributed by atoms with Gasteiger partial charge in [0.25, 0.3) is 5.91 Å². The first kappa shape index (κ1) is 12.3. The van der Waals surface area contributed by atoms with Crippen LogP contribution in [0.4, 0.5) is 0 Å². The smallest absolute Gasteiger partial charge is 0.269 e. The highest BCUT2D eigenvalue weighted by Crippen LogP contribution is 2.24. The minimum Gasteiger partial charge on any atom is -0.393 e. The average Bonchev–Trinajstić information content (AvgIpc) is 2.72. The Balaban J connectivity index is 1.89. The quantitative estimate of drug-likeness (QED) is 0.862. The van der Waals surface area contributed by atoms with Gasteiger partial charge in [0.2, 0.25) is 0 Å². The molecule has 0 radical (unpaired) electrons.